The van der Waals surface area contributed by atoms with Crippen LogP contribution in [0.15, 0.2) is 6.20 Å². The highest BCUT2D eigenvalue weighted by molar-refractivity contribution is 6.28. The number of hydrogen-bond donors (Lipinski definition) is 0. The summed E-state index contributed by atoms with van der Waals surface area (Å²) in [6.45, 7) is 0. The van der Waals surface area contributed by atoms with Gasteiger partial charge in [-0.1, -0.05) is 0 Å². The summed E-state index contributed by atoms with van der Waals surface area (Å²) < 4.78 is 12.8. The number of hydrogen-bond acceptors (Lipinski definition) is 3. The molecule has 3 nitrogen and oxygen atoms in total. The first-order chi connectivity index (χ1) is 5.11. The monoisotopic (exact) mass is 175 g/mol. The van der Waals surface area contributed by atoms with Crippen LogP contribution in [0.4, 0.5) is 10.2 Å². The lowest BCUT2D eigenvalue weighted by Gasteiger charge is -2.10. The fourth-order valence-electron chi connectivity index (χ4n) is 0.651. The second kappa shape index (κ2) is 3.00. The van der Waals surface area contributed by atoms with Gasteiger partial charge in [0.05, 0.1) is 6.20 Å². The third kappa shape index (κ3) is 1.77. The normalized spacial score (nSPS) is 9.82. The SMILES string of the molecule is CN(C)c1nc(Cl)ncc1F. The van der Waals surface area contributed by atoms with Gasteiger partial charge in [0.1, 0.15) is 0 Å². The highest BCUT2D eigenvalue weighted by atomic mass is 35.5. The predicted molar refractivity (Wildman–Crippen MR) is 41.3 cm³/mol. The maximum Gasteiger partial charge on any atom is 0.224 e. The van der Waals surface area contributed by atoms with Gasteiger partial charge in [-0.3, -0.25) is 0 Å². The molecule has 0 aliphatic rings. The molecule has 60 valence electrons. The Balaban J connectivity index is 3.13. The van der Waals surface area contributed by atoms with Gasteiger partial charge in [-0.25, -0.2) is 9.37 Å². The summed E-state index contributed by atoms with van der Waals surface area (Å²) in [5.41, 5.74) is 0. The molecule has 0 amide bonds. The van der Waals surface area contributed by atoms with E-state index >= 15 is 0 Å². The second-order valence-electron chi connectivity index (χ2n) is 2.21. The van der Waals surface area contributed by atoms with E-state index in [0.29, 0.717) is 0 Å². The molecule has 0 aromatic carbocycles. The molecule has 1 heterocycles. The number of rotatable bonds is 1. The van der Waals surface area contributed by atoms with Crippen molar-refractivity contribution in [2.24, 2.45) is 0 Å². The smallest absolute Gasteiger partial charge is 0.224 e. The molecule has 0 saturated carbocycles. The number of nitrogens with zero attached hydrogens (tertiary/aromatic N) is 3. The molecule has 1 aromatic rings. The van der Waals surface area contributed by atoms with Gasteiger partial charge in [0.15, 0.2) is 11.6 Å². The fourth-order valence-corrected chi connectivity index (χ4v) is 0.780. The summed E-state index contributed by atoms with van der Waals surface area (Å²) >= 11 is 5.45. The van der Waals surface area contributed by atoms with Crippen molar-refractivity contribution in [1.82, 2.24) is 9.97 Å². The molecule has 0 fully saturated rings. The van der Waals surface area contributed by atoms with E-state index in [9.17, 15) is 4.39 Å². The molecule has 1 aromatic heterocycles. The molecule has 1 rings (SSSR count). The minimum absolute atomic E-state index is 0.0510. The van der Waals surface area contributed by atoms with Crippen molar-refractivity contribution in [2.75, 3.05) is 19.0 Å². The van der Waals surface area contributed by atoms with Crippen LogP contribution >= 0.6 is 11.6 Å². The molecular formula is C6H7ClFN3. The Kier molecular flexibility index (Phi) is 2.24. The second-order valence-corrected chi connectivity index (χ2v) is 2.54. The Morgan fingerprint density at radius 2 is 2.18 bits per heavy atom. The largest absolute Gasteiger partial charge is 0.360 e. The van der Waals surface area contributed by atoms with Crippen molar-refractivity contribution in [1.29, 1.82) is 0 Å². The van der Waals surface area contributed by atoms with Crippen molar-refractivity contribution in [2.45, 2.75) is 0 Å². The summed E-state index contributed by atoms with van der Waals surface area (Å²) in [5, 5.41) is 0.0510. The van der Waals surface area contributed by atoms with Gasteiger partial charge in [-0.15, -0.1) is 0 Å². The maximum absolute atomic E-state index is 12.8. The molecule has 0 spiro atoms. The fraction of sp³-hybridized carbons (Fsp3) is 0.333. The van der Waals surface area contributed by atoms with Gasteiger partial charge in [0, 0.05) is 14.1 Å². The van der Waals surface area contributed by atoms with Crippen molar-refractivity contribution >= 4 is 17.4 Å². The molecular weight excluding hydrogens is 169 g/mol. The number of halogens is 2. The molecule has 0 N–H and O–H groups in total. The van der Waals surface area contributed by atoms with E-state index in [4.69, 9.17) is 11.6 Å². The number of anilines is 1. The van der Waals surface area contributed by atoms with Crippen LogP contribution in [-0.4, -0.2) is 24.1 Å². The van der Waals surface area contributed by atoms with Crippen LogP contribution in [0.3, 0.4) is 0 Å². The zero-order valence-electron chi connectivity index (χ0n) is 6.17. The van der Waals surface area contributed by atoms with E-state index in [1.54, 1.807) is 14.1 Å². The quantitative estimate of drug-likeness (QED) is 0.603. The van der Waals surface area contributed by atoms with Crippen LogP contribution < -0.4 is 4.90 Å². The molecule has 0 aliphatic carbocycles. The van der Waals surface area contributed by atoms with Crippen LogP contribution in [0.25, 0.3) is 0 Å². The van der Waals surface area contributed by atoms with Crippen LogP contribution in [0.2, 0.25) is 5.28 Å². The number of aromatic nitrogens is 2. The van der Waals surface area contributed by atoms with E-state index in [1.807, 2.05) is 0 Å². The average Bonchev–Trinajstić information content (AvgIpc) is 1.94. The maximum atomic E-state index is 12.8. The molecule has 11 heavy (non-hydrogen) atoms. The van der Waals surface area contributed by atoms with Gasteiger partial charge in [-0.05, 0) is 11.6 Å². The van der Waals surface area contributed by atoms with Crippen molar-refractivity contribution in [3.8, 4) is 0 Å². The minimum atomic E-state index is -0.473. The lowest BCUT2D eigenvalue weighted by Crippen LogP contribution is -2.13. The lowest BCUT2D eigenvalue weighted by atomic mass is 10.5. The van der Waals surface area contributed by atoms with Gasteiger partial charge >= 0.3 is 0 Å². The topological polar surface area (TPSA) is 29.0 Å². The van der Waals surface area contributed by atoms with E-state index in [1.165, 1.54) is 4.90 Å². The average molecular weight is 176 g/mol. The summed E-state index contributed by atoms with van der Waals surface area (Å²) in [5.74, 6) is -0.274. The first kappa shape index (κ1) is 8.20. The van der Waals surface area contributed by atoms with Gasteiger partial charge in [-0.2, -0.15) is 4.98 Å². The van der Waals surface area contributed by atoms with Gasteiger partial charge < -0.3 is 4.90 Å². The Morgan fingerprint density at radius 1 is 1.55 bits per heavy atom. The van der Waals surface area contributed by atoms with E-state index in [-0.39, 0.29) is 11.1 Å². The minimum Gasteiger partial charge on any atom is -0.360 e. The molecule has 5 heteroatoms. The molecule has 0 bridgehead atoms. The summed E-state index contributed by atoms with van der Waals surface area (Å²) in [7, 11) is 3.36. The third-order valence-electron chi connectivity index (χ3n) is 1.12. The van der Waals surface area contributed by atoms with Crippen molar-refractivity contribution in [3.05, 3.63) is 17.3 Å². The highest BCUT2D eigenvalue weighted by Crippen LogP contribution is 2.13. The van der Waals surface area contributed by atoms with E-state index in [0.717, 1.165) is 6.20 Å². The predicted octanol–water partition coefficient (Wildman–Crippen LogP) is 1.34. The van der Waals surface area contributed by atoms with Crippen LogP contribution in [0.1, 0.15) is 0 Å². The lowest BCUT2D eigenvalue weighted by molar-refractivity contribution is 0.611. The first-order valence-electron chi connectivity index (χ1n) is 2.96. The Hall–Kier alpha value is -0.900. The van der Waals surface area contributed by atoms with Gasteiger partial charge in [0.2, 0.25) is 5.28 Å². The highest BCUT2D eigenvalue weighted by Gasteiger charge is 2.06. The molecule has 0 saturated heterocycles. The van der Waals surface area contributed by atoms with Crippen LogP contribution in [0, 0.1) is 5.82 Å². The van der Waals surface area contributed by atoms with E-state index < -0.39 is 5.82 Å². The Labute approximate surface area is 68.8 Å². The summed E-state index contributed by atoms with van der Waals surface area (Å²) in [6.07, 6.45) is 1.05. The van der Waals surface area contributed by atoms with Crippen molar-refractivity contribution in [3.63, 3.8) is 0 Å². The summed E-state index contributed by atoms with van der Waals surface area (Å²) in [6, 6.07) is 0. The Morgan fingerprint density at radius 3 is 2.64 bits per heavy atom. The molecule has 0 radical (unpaired) electrons. The zero-order chi connectivity index (χ0) is 8.43. The zero-order valence-corrected chi connectivity index (χ0v) is 6.93. The molecule has 0 aliphatic heterocycles. The first-order valence-corrected chi connectivity index (χ1v) is 3.34. The third-order valence-corrected chi connectivity index (χ3v) is 1.30. The summed E-state index contributed by atoms with van der Waals surface area (Å²) in [4.78, 5) is 8.68. The molecule has 0 atom stereocenters. The van der Waals surface area contributed by atoms with Gasteiger partial charge in [0.25, 0.3) is 0 Å². The van der Waals surface area contributed by atoms with Crippen LogP contribution in [-0.2, 0) is 0 Å². The molecule has 0 unspecified atom stereocenters. The van der Waals surface area contributed by atoms with E-state index in [2.05, 4.69) is 9.97 Å². The standard InChI is InChI=1S/C6H7ClFN3/c1-11(2)5-4(8)3-9-6(7)10-5/h3H,1-2H3. The van der Waals surface area contributed by atoms with Crippen LogP contribution in [0.5, 0.6) is 0 Å². The Bertz CT molecular complexity index is 264. The van der Waals surface area contributed by atoms with Crippen molar-refractivity contribution < 1.29 is 4.39 Å².